The van der Waals surface area contributed by atoms with Crippen LogP contribution in [0.5, 0.6) is 5.75 Å². The van der Waals surface area contributed by atoms with E-state index in [1.807, 2.05) is 57.2 Å². The fourth-order valence-electron chi connectivity index (χ4n) is 2.51. The van der Waals surface area contributed by atoms with Gasteiger partial charge in [-0.3, -0.25) is 4.79 Å². The molecule has 0 bridgehead atoms. The standard InChI is InChI=1S/C22H25NO2/c1-16(2)25-22-13-11-20(12-14-22)6-5-19-7-9-21(10-8-19)15-17(3)23-18(4)24/h7-14,16-17H,15H2,1-4H3,(H,23,24)/t17-/m0/s1. The Bertz CT molecular complexity index is 749. The van der Waals surface area contributed by atoms with E-state index in [0.29, 0.717) is 0 Å². The zero-order valence-electron chi connectivity index (χ0n) is 15.3. The molecule has 25 heavy (non-hydrogen) atoms. The predicted octanol–water partition coefficient (Wildman–Crippen LogP) is 3.94. The Balaban J connectivity index is 1.97. The maximum Gasteiger partial charge on any atom is 0.217 e. The topological polar surface area (TPSA) is 38.3 Å². The molecule has 2 aromatic carbocycles. The van der Waals surface area contributed by atoms with Gasteiger partial charge in [-0.05, 0) is 69.2 Å². The van der Waals surface area contributed by atoms with Gasteiger partial charge in [-0.2, -0.15) is 0 Å². The molecule has 1 N–H and O–H groups in total. The molecule has 0 spiro atoms. The summed E-state index contributed by atoms with van der Waals surface area (Å²) in [5, 5.41) is 2.89. The summed E-state index contributed by atoms with van der Waals surface area (Å²) in [6, 6.07) is 16.1. The van der Waals surface area contributed by atoms with Crippen LogP contribution in [0.15, 0.2) is 48.5 Å². The molecule has 0 aliphatic rings. The zero-order valence-corrected chi connectivity index (χ0v) is 15.3. The number of hydrogen-bond donors (Lipinski definition) is 1. The van der Waals surface area contributed by atoms with Gasteiger partial charge < -0.3 is 10.1 Å². The number of amides is 1. The quantitative estimate of drug-likeness (QED) is 0.841. The van der Waals surface area contributed by atoms with E-state index in [1.165, 1.54) is 12.5 Å². The molecule has 0 unspecified atom stereocenters. The SMILES string of the molecule is CC(=O)N[C@@H](C)Cc1ccc(C#Cc2ccc(OC(C)C)cc2)cc1. The highest BCUT2D eigenvalue weighted by Gasteiger charge is 2.04. The molecule has 0 saturated carbocycles. The largest absolute Gasteiger partial charge is 0.491 e. The number of carbonyl (C=O) groups excluding carboxylic acids is 1. The van der Waals surface area contributed by atoms with Crippen LogP contribution in [0.2, 0.25) is 0 Å². The van der Waals surface area contributed by atoms with Crippen molar-refractivity contribution < 1.29 is 9.53 Å². The predicted molar refractivity (Wildman–Crippen MR) is 102 cm³/mol. The van der Waals surface area contributed by atoms with Crippen molar-refractivity contribution in [3.63, 3.8) is 0 Å². The summed E-state index contributed by atoms with van der Waals surface area (Å²) in [4.78, 5) is 11.1. The third kappa shape index (κ3) is 6.73. The molecule has 3 heteroatoms. The highest BCUT2D eigenvalue weighted by Crippen LogP contribution is 2.13. The molecule has 1 amide bonds. The number of nitrogens with one attached hydrogen (secondary N) is 1. The molecule has 0 aromatic heterocycles. The van der Waals surface area contributed by atoms with E-state index in [1.54, 1.807) is 0 Å². The van der Waals surface area contributed by atoms with Gasteiger partial charge in [0.15, 0.2) is 0 Å². The van der Waals surface area contributed by atoms with Crippen LogP contribution in [0.25, 0.3) is 0 Å². The van der Waals surface area contributed by atoms with Crippen molar-refractivity contribution in [2.75, 3.05) is 0 Å². The van der Waals surface area contributed by atoms with E-state index in [9.17, 15) is 4.79 Å². The van der Waals surface area contributed by atoms with Crippen LogP contribution in [-0.2, 0) is 11.2 Å². The van der Waals surface area contributed by atoms with Crippen LogP contribution in [0.4, 0.5) is 0 Å². The van der Waals surface area contributed by atoms with Crippen LogP contribution >= 0.6 is 0 Å². The zero-order chi connectivity index (χ0) is 18.2. The lowest BCUT2D eigenvalue weighted by Crippen LogP contribution is -2.31. The molecule has 0 radical (unpaired) electrons. The number of rotatable bonds is 5. The Labute approximate surface area is 150 Å². The van der Waals surface area contributed by atoms with Gasteiger partial charge in [0, 0.05) is 24.1 Å². The second-order valence-electron chi connectivity index (χ2n) is 6.44. The van der Waals surface area contributed by atoms with E-state index in [-0.39, 0.29) is 18.1 Å². The van der Waals surface area contributed by atoms with E-state index in [4.69, 9.17) is 4.74 Å². The van der Waals surface area contributed by atoms with E-state index < -0.39 is 0 Å². The van der Waals surface area contributed by atoms with Gasteiger partial charge in [0.05, 0.1) is 6.10 Å². The smallest absolute Gasteiger partial charge is 0.217 e. The van der Waals surface area contributed by atoms with Crippen LogP contribution in [0.1, 0.15) is 44.4 Å². The van der Waals surface area contributed by atoms with Crippen molar-refractivity contribution >= 4 is 5.91 Å². The van der Waals surface area contributed by atoms with Gasteiger partial charge in [0.25, 0.3) is 0 Å². The lowest BCUT2D eigenvalue weighted by atomic mass is 10.0. The van der Waals surface area contributed by atoms with Gasteiger partial charge in [-0.25, -0.2) is 0 Å². The van der Waals surface area contributed by atoms with E-state index in [2.05, 4.69) is 29.3 Å². The monoisotopic (exact) mass is 335 g/mol. The molecule has 2 aromatic rings. The van der Waals surface area contributed by atoms with E-state index in [0.717, 1.165) is 23.3 Å². The van der Waals surface area contributed by atoms with Crippen molar-refractivity contribution in [2.45, 2.75) is 46.3 Å². The Kier molecular flexibility index (Phi) is 6.65. The minimum atomic E-state index is -0.000186. The summed E-state index contributed by atoms with van der Waals surface area (Å²) in [5.41, 5.74) is 3.11. The van der Waals surface area contributed by atoms with Gasteiger partial charge in [0.1, 0.15) is 5.75 Å². The molecule has 0 heterocycles. The summed E-state index contributed by atoms with van der Waals surface area (Å²) >= 11 is 0. The molecular formula is C22H25NO2. The third-order valence-electron chi connectivity index (χ3n) is 3.52. The van der Waals surface area contributed by atoms with E-state index >= 15 is 0 Å². The average Bonchev–Trinajstić information content (AvgIpc) is 2.54. The first kappa shape index (κ1) is 18.6. The summed E-state index contributed by atoms with van der Waals surface area (Å²) in [7, 11) is 0. The van der Waals surface area contributed by atoms with Crippen LogP contribution in [-0.4, -0.2) is 18.1 Å². The molecule has 0 aliphatic heterocycles. The summed E-state index contributed by atoms with van der Waals surface area (Å²) in [6.45, 7) is 7.56. The molecule has 2 rings (SSSR count). The number of hydrogen-bond acceptors (Lipinski definition) is 2. The van der Waals surface area contributed by atoms with Gasteiger partial charge in [0.2, 0.25) is 5.91 Å². The summed E-state index contributed by atoms with van der Waals surface area (Å²) < 4.78 is 5.63. The second kappa shape index (κ2) is 8.94. The Morgan fingerprint density at radius 1 is 0.960 bits per heavy atom. The first-order valence-electron chi connectivity index (χ1n) is 8.57. The number of carbonyl (C=O) groups is 1. The molecule has 0 fully saturated rings. The van der Waals surface area contributed by atoms with Crippen molar-refractivity contribution in [2.24, 2.45) is 0 Å². The molecular weight excluding hydrogens is 310 g/mol. The number of benzene rings is 2. The normalized spacial score (nSPS) is 11.4. The Morgan fingerprint density at radius 2 is 1.48 bits per heavy atom. The lowest BCUT2D eigenvalue weighted by molar-refractivity contribution is -0.119. The number of ether oxygens (including phenoxy) is 1. The fourth-order valence-corrected chi connectivity index (χ4v) is 2.51. The first-order valence-corrected chi connectivity index (χ1v) is 8.57. The highest BCUT2D eigenvalue weighted by molar-refractivity contribution is 5.73. The van der Waals surface area contributed by atoms with Gasteiger partial charge in [-0.15, -0.1) is 0 Å². The third-order valence-corrected chi connectivity index (χ3v) is 3.52. The minimum Gasteiger partial charge on any atom is -0.491 e. The summed E-state index contributed by atoms with van der Waals surface area (Å²) in [5.74, 6) is 7.20. The van der Waals surface area contributed by atoms with Gasteiger partial charge >= 0.3 is 0 Å². The second-order valence-corrected chi connectivity index (χ2v) is 6.44. The van der Waals surface area contributed by atoms with Crippen molar-refractivity contribution in [1.29, 1.82) is 0 Å². The van der Waals surface area contributed by atoms with Crippen LogP contribution in [0, 0.1) is 11.8 Å². The molecule has 1 atom stereocenters. The van der Waals surface area contributed by atoms with Crippen LogP contribution < -0.4 is 10.1 Å². The Hall–Kier alpha value is -2.73. The first-order chi connectivity index (χ1) is 11.9. The summed E-state index contributed by atoms with van der Waals surface area (Å²) in [6.07, 6.45) is 0.980. The minimum absolute atomic E-state index is 0.000186. The van der Waals surface area contributed by atoms with Crippen molar-refractivity contribution in [1.82, 2.24) is 5.32 Å². The molecule has 0 aliphatic carbocycles. The molecule has 0 saturated heterocycles. The highest BCUT2D eigenvalue weighted by atomic mass is 16.5. The lowest BCUT2D eigenvalue weighted by Gasteiger charge is -2.12. The van der Waals surface area contributed by atoms with Gasteiger partial charge in [-0.1, -0.05) is 24.0 Å². The molecule has 3 nitrogen and oxygen atoms in total. The maximum absolute atomic E-state index is 11.1. The maximum atomic E-state index is 11.1. The molecule has 130 valence electrons. The Morgan fingerprint density at radius 3 is 1.96 bits per heavy atom. The average molecular weight is 335 g/mol. The fraction of sp³-hybridized carbons (Fsp3) is 0.318. The van der Waals surface area contributed by atoms with Crippen LogP contribution in [0.3, 0.4) is 0 Å². The van der Waals surface area contributed by atoms with Crippen molar-refractivity contribution in [3.05, 3.63) is 65.2 Å². The van der Waals surface area contributed by atoms with Crippen molar-refractivity contribution in [3.8, 4) is 17.6 Å².